The van der Waals surface area contributed by atoms with Crippen LogP contribution in [0.4, 0.5) is 0 Å². The smallest absolute Gasteiger partial charge is 0.230 e. The summed E-state index contributed by atoms with van der Waals surface area (Å²) in [5.74, 6) is 1.21. The van der Waals surface area contributed by atoms with Gasteiger partial charge in [0.05, 0.1) is 5.92 Å². The third-order valence-corrected chi connectivity index (χ3v) is 5.14. The molecule has 0 N–H and O–H groups in total. The second-order valence-corrected chi connectivity index (χ2v) is 6.62. The van der Waals surface area contributed by atoms with E-state index >= 15 is 0 Å². The predicted molar refractivity (Wildman–Crippen MR) is 92.0 cm³/mol. The van der Waals surface area contributed by atoms with E-state index in [1.165, 1.54) is 11.1 Å². The second-order valence-electron chi connectivity index (χ2n) is 6.62. The van der Waals surface area contributed by atoms with Crippen molar-refractivity contribution in [1.82, 2.24) is 9.88 Å². The maximum absolute atomic E-state index is 12.9. The first-order chi connectivity index (χ1) is 11.8. The number of ether oxygens (including phenoxy) is 1. The quantitative estimate of drug-likeness (QED) is 0.871. The van der Waals surface area contributed by atoms with Crippen molar-refractivity contribution in [1.29, 1.82) is 0 Å². The van der Waals surface area contributed by atoms with E-state index in [0.29, 0.717) is 5.91 Å². The average Bonchev–Trinajstić information content (AvgIpc) is 3.07. The van der Waals surface area contributed by atoms with Gasteiger partial charge in [-0.2, -0.15) is 0 Å². The summed E-state index contributed by atoms with van der Waals surface area (Å²) in [5, 5.41) is 0. The summed E-state index contributed by atoms with van der Waals surface area (Å²) in [5.41, 5.74) is 2.57. The lowest BCUT2D eigenvalue weighted by atomic mass is 9.98. The molecule has 1 aromatic carbocycles. The molecule has 0 spiro atoms. The topological polar surface area (TPSA) is 42.4 Å². The Morgan fingerprint density at radius 2 is 1.79 bits per heavy atom. The van der Waals surface area contributed by atoms with Crippen molar-refractivity contribution in [2.24, 2.45) is 0 Å². The standard InChI is InChI=1S/C20H22N2O2/c23-20(19-6-5-15-3-1-2-4-18(15)19)22-13-9-17(10-14-22)24-16-7-11-21-12-8-16/h1-4,7-8,11-12,17,19H,5-6,9-10,13-14H2/t19-/m0/s1. The number of pyridine rings is 1. The Kier molecular flexibility index (Phi) is 4.20. The summed E-state index contributed by atoms with van der Waals surface area (Å²) in [6, 6.07) is 12.1. The maximum Gasteiger partial charge on any atom is 0.230 e. The number of nitrogens with zero attached hydrogens (tertiary/aromatic N) is 2. The zero-order valence-electron chi connectivity index (χ0n) is 13.7. The van der Waals surface area contributed by atoms with Crippen molar-refractivity contribution in [3.63, 3.8) is 0 Å². The lowest BCUT2D eigenvalue weighted by molar-refractivity contribution is -0.134. The van der Waals surface area contributed by atoms with Crippen molar-refractivity contribution < 1.29 is 9.53 Å². The molecule has 2 aromatic rings. The van der Waals surface area contributed by atoms with E-state index in [4.69, 9.17) is 4.74 Å². The summed E-state index contributed by atoms with van der Waals surface area (Å²) in [6.45, 7) is 1.57. The normalized spacial score (nSPS) is 20.7. The van der Waals surface area contributed by atoms with Crippen LogP contribution in [0, 0.1) is 0 Å². The van der Waals surface area contributed by atoms with Gasteiger partial charge in [-0.3, -0.25) is 9.78 Å². The van der Waals surface area contributed by atoms with E-state index in [0.717, 1.165) is 44.5 Å². The van der Waals surface area contributed by atoms with E-state index in [1.54, 1.807) is 12.4 Å². The highest BCUT2D eigenvalue weighted by Gasteiger charge is 2.33. The van der Waals surface area contributed by atoms with Crippen LogP contribution in [0.2, 0.25) is 0 Å². The minimum absolute atomic E-state index is 0.0545. The molecule has 24 heavy (non-hydrogen) atoms. The number of carbonyl (C=O) groups is 1. The molecule has 1 aliphatic carbocycles. The number of rotatable bonds is 3. The van der Waals surface area contributed by atoms with Crippen LogP contribution in [0.15, 0.2) is 48.8 Å². The minimum Gasteiger partial charge on any atom is -0.490 e. The highest BCUT2D eigenvalue weighted by Crippen LogP contribution is 2.35. The number of fused-ring (bicyclic) bond motifs is 1. The Bertz CT molecular complexity index is 709. The first-order valence-corrected chi connectivity index (χ1v) is 8.74. The largest absolute Gasteiger partial charge is 0.490 e. The van der Waals surface area contributed by atoms with Gasteiger partial charge < -0.3 is 9.64 Å². The fourth-order valence-electron chi connectivity index (χ4n) is 3.84. The average molecular weight is 322 g/mol. The van der Waals surface area contributed by atoms with Crippen LogP contribution in [-0.2, 0) is 11.2 Å². The van der Waals surface area contributed by atoms with Crippen molar-refractivity contribution in [2.75, 3.05) is 13.1 Å². The lowest BCUT2D eigenvalue weighted by Crippen LogP contribution is -2.43. The molecule has 0 saturated carbocycles. The zero-order valence-corrected chi connectivity index (χ0v) is 13.7. The lowest BCUT2D eigenvalue weighted by Gasteiger charge is -2.33. The van der Waals surface area contributed by atoms with Crippen LogP contribution < -0.4 is 4.74 Å². The molecule has 1 amide bonds. The van der Waals surface area contributed by atoms with Gasteiger partial charge in [-0.1, -0.05) is 24.3 Å². The van der Waals surface area contributed by atoms with Gasteiger partial charge in [-0.05, 0) is 36.1 Å². The molecule has 2 aliphatic rings. The van der Waals surface area contributed by atoms with Gasteiger partial charge in [0.25, 0.3) is 0 Å². The Labute approximate surface area is 142 Å². The van der Waals surface area contributed by atoms with Crippen LogP contribution in [0.1, 0.15) is 36.3 Å². The molecular formula is C20H22N2O2. The Morgan fingerprint density at radius 1 is 1.04 bits per heavy atom. The Morgan fingerprint density at radius 3 is 2.58 bits per heavy atom. The highest BCUT2D eigenvalue weighted by atomic mass is 16.5. The summed E-state index contributed by atoms with van der Waals surface area (Å²) in [6.07, 6.45) is 7.43. The molecule has 1 atom stereocenters. The third kappa shape index (κ3) is 3.01. The molecule has 124 valence electrons. The van der Waals surface area contributed by atoms with Crippen molar-refractivity contribution >= 4 is 5.91 Å². The van der Waals surface area contributed by atoms with Crippen LogP contribution in [0.5, 0.6) is 5.75 Å². The summed E-state index contributed by atoms with van der Waals surface area (Å²) < 4.78 is 5.99. The number of amides is 1. The van der Waals surface area contributed by atoms with Gasteiger partial charge in [-0.25, -0.2) is 0 Å². The monoisotopic (exact) mass is 322 g/mol. The third-order valence-electron chi connectivity index (χ3n) is 5.14. The van der Waals surface area contributed by atoms with Crippen LogP contribution >= 0.6 is 0 Å². The molecule has 4 heteroatoms. The number of piperidine rings is 1. The fraction of sp³-hybridized carbons (Fsp3) is 0.400. The second kappa shape index (κ2) is 6.63. The molecule has 4 rings (SSSR count). The van der Waals surface area contributed by atoms with Crippen molar-refractivity contribution in [2.45, 2.75) is 37.7 Å². The zero-order chi connectivity index (χ0) is 16.4. The molecule has 4 nitrogen and oxygen atoms in total. The fourth-order valence-corrected chi connectivity index (χ4v) is 3.84. The number of hydrogen-bond acceptors (Lipinski definition) is 3. The predicted octanol–water partition coefficient (Wildman–Crippen LogP) is 3.18. The van der Waals surface area contributed by atoms with Gasteiger partial charge in [0.15, 0.2) is 0 Å². The molecule has 0 unspecified atom stereocenters. The highest BCUT2D eigenvalue weighted by molar-refractivity contribution is 5.85. The summed E-state index contributed by atoms with van der Waals surface area (Å²) in [4.78, 5) is 18.9. The van der Waals surface area contributed by atoms with Gasteiger partial charge >= 0.3 is 0 Å². The molecule has 2 heterocycles. The maximum atomic E-state index is 12.9. The van der Waals surface area contributed by atoms with Crippen LogP contribution in [0.25, 0.3) is 0 Å². The number of benzene rings is 1. The van der Waals surface area contributed by atoms with Gasteiger partial charge in [0, 0.05) is 38.3 Å². The summed E-state index contributed by atoms with van der Waals surface area (Å²) in [7, 11) is 0. The first kappa shape index (κ1) is 15.2. The van der Waals surface area contributed by atoms with Gasteiger partial charge in [0.1, 0.15) is 11.9 Å². The van der Waals surface area contributed by atoms with Crippen LogP contribution in [-0.4, -0.2) is 35.0 Å². The Hall–Kier alpha value is -2.36. The summed E-state index contributed by atoms with van der Waals surface area (Å²) >= 11 is 0. The van der Waals surface area contributed by atoms with Crippen molar-refractivity contribution in [3.05, 3.63) is 59.9 Å². The number of hydrogen-bond donors (Lipinski definition) is 0. The van der Waals surface area contributed by atoms with Crippen molar-refractivity contribution in [3.8, 4) is 5.75 Å². The number of aryl methyl sites for hydroxylation is 1. The minimum atomic E-state index is 0.0545. The molecule has 1 saturated heterocycles. The molecule has 1 aliphatic heterocycles. The SMILES string of the molecule is O=C([C@H]1CCc2ccccc21)N1CCC(Oc2ccncc2)CC1. The van der Waals surface area contributed by atoms with E-state index < -0.39 is 0 Å². The number of aromatic nitrogens is 1. The van der Waals surface area contributed by atoms with Gasteiger partial charge in [0.2, 0.25) is 5.91 Å². The number of likely N-dealkylation sites (tertiary alicyclic amines) is 1. The molecule has 0 bridgehead atoms. The molecule has 1 aromatic heterocycles. The Balaban J connectivity index is 1.35. The van der Waals surface area contributed by atoms with E-state index in [1.807, 2.05) is 23.1 Å². The molecule has 1 fully saturated rings. The first-order valence-electron chi connectivity index (χ1n) is 8.74. The van der Waals surface area contributed by atoms with Crippen LogP contribution in [0.3, 0.4) is 0 Å². The number of carbonyl (C=O) groups excluding carboxylic acids is 1. The molecule has 0 radical (unpaired) electrons. The van der Waals surface area contributed by atoms with E-state index in [9.17, 15) is 4.79 Å². The molecular weight excluding hydrogens is 300 g/mol. The van der Waals surface area contributed by atoms with E-state index in [2.05, 4.69) is 23.2 Å². The van der Waals surface area contributed by atoms with Gasteiger partial charge in [-0.15, -0.1) is 0 Å². The van der Waals surface area contributed by atoms with E-state index in [-0.39, 0.29) is 12.0 Å².